The molecule has 1 rings (SSSR count). The minimum absolute atomic E-state index is 0.388. The smallest absolute Gasteiger partial charge is 0.0673 e. The standard InChI is InChI=1S/C14H30N2O/c1-12(2)9-14(10-15)5-7-16-6-4-8-17-13(3)11-16/h12-14H,4-11,15H2,1-3H3. The van der Waals surface area contributed by atoms with E-state index in [2.05, 4.69) is 25.7 Å². The lowest BCUT2D eigenvalue weighted by Gasteiger charge is -2.25. The fourth-order valence-corrected chi connectivity index (χ4v) is 2.65. The Bertz CT molecular complexity index is 197. The number of nitrogens with two attached hydrogens (primary N) is 1. The Balaban J connectivity index is 2.26. The second-order valence-corrected chi connectivity index (χ2v) is 5.86. The lowest BCUT2D eigenvalue weighted by molar-refractivity contribution is 0.0669. The van der Waals surface area contributed by atoms with E-state index in [1.165, 1.54) is 32.4 Å². The summed E-state index contributed by atoms with van der Waals surface area (Å²) in [4.78, 5) is 2.54. The first-order valence-corrected chi connectivity index (χ1v) is 7.15. The highest BCUT2D eigenvalue weighted by molar-refractivity contribution is 4.70. The monoisotopic (exact) mass is 242 g/mol. The van der Waals surface area contributed by atoms with Crippen LogP contribution in [0, 0.1) is 11.8 Å². The molecule has 1 aliphatic rings. The fraction of sp³-hybridized carbons (Fsp3) is 1.00. The molecule has 3 heteroatoms. The van der Waals surface area contributed by atoms with Gasteiger partial charge < -0.3 is 15.4 Å². The lowest BCUT2D eigenvalue weighted by atomic mass is 9.94. The number of hydrogen-bond acceptors (Lipinski definition) is 3. The maximum absolute atomic E-state index is 5.85. The minimum Gasteiger partial charge on any atom is -0.377 e. The molecule has 3 nitrogen and oxygen atoms in total. The van der Waals surface area contributed by atoms with Crippen molar-refractivity contribution in [2.24, 2.45) is 17.6 Å². The van der Waals surface area contributed by atoms with E-state index in [0.717, 1.165) is 25.6 Å². The summed E-state index contributed by atoms with van der Waals surface area (Å²) in [5.74, 6) is 1.45. The first-order chi connectivity index (χ1) is 8.11. The number of rotatable bonds is 6. The molecule has 0 aromatic rings. The summed E-state index contributed by atoms with van der Waals surface area (Å²) >= 11 is 0. The van der Waals surface area contributed by atoms with E-state index in [4.69, 9.17) is 10.5 Å². The molecule has 2 atom stereocenters. The van der Waals surface area contributed by atoms with Gasteiger partial charge in [0.05, 0.1) is 6.10 Å². The van der Waals surface area contributed by atoms with Crippen LogP contribution in [0.2, 0.25) is 0 Å². The van der Waals surface area contributed by atoms with Gasteiger partial charge in [-0.05, 0) is 51.1 Å². The summed E-state index contributed by atoms with van der Waals surface area (Å²) in [6.07, 6.45) is 4.05. The molecule has 0 spiro atoms. The van der Waals surface area contributed by atoms with Crippen LogP contribution in [0.4, 0.5) is 0 Å². The van der Waals surface area contributed by atoms with Gasteiger partial charge in [-0.3, -0.25) is 0 Å². The average Bonchev–Trinajstić information content (AvgIpc) is 2.48. The van der Waals surface area contributed by atoms with Crippen molar-refractivity contribution in [3.63, 3.8) is 0 Å². The van der Waals surface area contributed by atoms with Crippen molar-refractivity contribution < 1.29 is 4.74 Å². The molecule has 0 bridgehead atoms. The molecule has 0 aliphatic carbocycles. The summed E-state index contributed by atoms with van der Waals surface area (Å²) in [5.41, 5.74) is 5.85. The predicted molar refractivity (Wildman–Crippen MR) is 73.1 cm³/mol. The van der Waals surface area contributed by atoms with Crippen molar-refractivity contribution in [3.8, 4) is 0 Å². The Morgan fingerprint density at radius 2 is 2.18 bits per heavy atom. The quantitative estimate of drug-likeness (QED) is 0.775. The summed E-state index contributed by atoms with van der Waals surface area (Å²) in [7, 11) is 0. The molecule has 0 aromatic heterocycles. The molecule has 17 heavy (non-hydrogen) atoms. The van der Waals surface area contributed by atoms with Crippen molar-refractivity contribution in [2.45, 2.75) is 46.1 Å². The van der Waals surface area contributed by atoms with Gasteiger partial charge in [-0.15, -0.1) is 0 Å². The molecule has 1 heterocycles. The summed E-state index contributed by atoms with van der Waals surface area (Å²) in [6, 6.07) is 0. The fourth-order valence-electron chi connectivity index (χ4n) is 2.65. The molecule has 1 saturated heterocycles. The molecule has 102 valence electrons. The largest absolute Gasteiger partial charge is 0.377 e. The molecule has 2 unspecified atom stereocenters. The van der Waals surface area contributed by atoms with Crippen LogP contribution < -0.4 is 5.73 Å². The SMILES string of the molecule is CC(C)CC(CN)CCN1CCCOC(C)C1. The van der Waals surface area contributed by atoms with Gasteiger partial charge >= 0.3 is 0 Å². The maximum atomic E-state index is 5.85. The Kier molecular flexibility index (Phi) is 7.09. The third-order valence-corrected chi connectivity index (χ3v) is 3.53. The highest BCUT2D eigenvalue weighted by Crippen LogP contribution is 2.15. The second kappa shape index (κ2) is 8.06. The van der Waals surface area contributed by atoms with Crippen LogP contribution in [0.5, 0.6) is 0 Å². The molecule has 0 amide bonds. The minimum atomic E-state index is 0.388. The van der Waals surface area contributed by atoms with Crippen molar-refractivity contribution >= 4 is 0 Å². The zero-order valence-corrected chi connectivity index (χ0v) is 11.8. The van der Waals surface area contributed by atoms with E-state index in [0.29, 0.717) is 12.0 Å². The Morgan fingerprint density at radius 1 is 1.41 bits per heavy atom. The second-order valence-electron chi connectivity index (χ2n) is 5.86. The van der Waals surface area contributed by atoms with Gasteiger partial charge in [0.1, 0.15) is 0 Å². The predicted octanol–water partition coefficient (Wildman–Crippen LogP) is 2.11. The van der Waals surface area contributed by atoms with Crippen molar-refractivity contribution in [1.29, 1.82) is 0 Å². The molecule has 0 radical (unpaired) electrons. The molecule has 1 fully saturated rings. The van der Waals surface area contributed by atoms with E-state index < -0.39 is 0 Å². The van der Waals surface area contributed by atoms with E-state index >= 15 is 0 Å². The Hall–Kier alpha value is -0.120. The van der Waals surface area contributed by atoms with E-state index in [-0.39, 0.29) is 0 Å². The molecular weight excluding hydrogens is 212 g/mol. The van der Waals surface area contributed by atoms with Crippen molar-refractivity contribution in [1.82, 2.24) is 4.90 Å². The van der Waals surface area contributed by atoms with Crippen LogP contribution in [-0.2, 0) is 4.74 Å². The third-order valence-electron chi connectivity index (χ3n) is 3.53. The van der Waals surface area contributed by atoms with E-state index in [1.54, 1.807) is 0 Å². The van der Waals surface area contributed by atoms with Gasteiger partial charge in [-0.1, -0.05) is 13.8 Å². The topological polar surface area (TPSA) is 38.5 Å². The van der Waals surface area contributed by atoms with Gasteiger partial charge in [-0.25, -0.2) is 0 Å². The molecule has 1 aliphatic heterocycles. The van der Waals surface area contributed by atoms with Crippen molar-refractivity contribution in [2.75, 3.05) is 32.8 Å². The van der Waals surface area contributed by atoms with Crippen LogP contribution in [0.1, 0.15) is 40.0 Å². The van der Waals surface area contributed by atoms with E-state index in [1.807, 2.05) is 0 Å². The number of ether oxygens (including phenoxy) is 1. The molecule has 0 aromatic carbocycles. The highest BCUT2D eigenvalue weighted by atomic mass is 16.5. The van der Waals surface area contributed by atoms with Gasteiger partial charge in [0, 0.05) is 19.7 Å². The third kappa shape index (κ3) is 6.39. The molecule has 0 saturated carbocycles. The summed E-state index contributed by atoms with van der Waals surface area (Å²) < 4.78 is 5.66. The normalized spacial score (nSPS) is 24.9. The van der Waals surface area contributed by atoms with Crippen LogP contribution >= 0.6 is 0 Å². The Labute approximate surface area is 107 Å². The summed E-state index contributed by atoms with van der Waals surface area (Å²) in [6.45, 7) is 11.9. The first-order valence-electron chi connectivity index (χ1n) is 7.15. The Morgan fingerprint density at radius 3 is 2.82 bits per heavy atom. The highest BCUT2D eigenvalue weighted by Gasteiger charge is 2.16. The zero-order valence-electron chi connectivity index (χ0n) is 11.8. The van der Waals surface area contributed by atoms with Gasteiger partial charge in [0.15, 0.2) is 0 Å². The maximum Gasteiger partial charge on any atom is 0.0673 e. The average molecular weight is 242 g/mol. The van der Waals surface area contributed by atoms with Crippen LogP contribution in [0.25, 0.3) is 0 Å². The molecule has 2 N–H and O–H groups in total. The van der Waals surface area contributed by atoms with Crippen molar-refractivity contribution in [3.05, 3.63) is 0 Å². The van der Waals surface area contributed by atoms with Gasteiger partial charge in [-0.2, -0.15) is 0 Å². The molecular formula is C14H30N2O. The number of hydrogen-bond donors (Lipinski definition) is 1. The van der Waals surface area contributed by atoms with Crippen LogP contribution in [0.15, 0.2) is 0 Å². The zero-order chi connectivity index (χ0) is 12.7. The van der Waals surface area contributed by atoms with Gasteiger partial charge in [0.25, 0.3) is 0 Å². The first kappa shape index (κ1) is 14.9. The van der Waals surface area contributed by atoms with Crippen LogP contribution in [-0.4, -0.2) is 43.8 Å². The summed E-state index contributed by atoms with van der Waals surface area (Å²) in [5, 5.41) is 0. The van der Waals surface area contributed by atoms with Crippen LogP contribution in [0.3, 0.4) is 0 Å². The lowest BCUT2D eigenvalue weighted by Crippen LogP contribution is -2.33. The van der Waals surface area contributed by atoms with Gasteiger partial charge in [0.2, 0.25) is 0 Å². The van der Waals surface area contributed by atoms with E-state index in [9.17, 15) is 0 Å². The number of nitrogens with zero attached hydrogens (tertiary/aromatic N) is 1.